The summed E-state index contributed by atoms with van der Waals surface area (Å²) in [6.07, 6.45) is 4.46. The van der Waals surface area contributed by atoms with Gasteiger partial charge in [-0.15, -0.1) is 0 Å². The lowest BCUT2D eigenvalue weighted by atomic mass is 10.0. The summed E-state index contributed by atoms with van der Waals surface area (Å²) < 4.78 is 5.45. The molecule has 4 atom stereocenters. The second kappa shape index (κ2) is 17.5. The molecule has 0 fully saturated rings. The van der Waals surface area contributed by atoms with Gasteiger partial charge in [-0.05, 0) is 67.1 Å². The van der Waals surface area contributed by atoms with Gasteiger partial charge in [0, 0.05) is 42.6 Å². The van der Waals surface area contributed by atoms with Gasteiger partial charge >= 0.3 is 0 Å². The minimum absolute atomic E-state index is 0.0407. The lowest BCUT2D eigenvalue weighted by molar-refractivity contribution is -0.132. The van der Waals surface area contributed by atoms with Crippen LogP contribution in [0.3, 0.4) is 0 Å². The van der Waals surface area contributed by atoms with Crippen molar-refractivity contribution in [1.82, 2.24) is 26.3 Å². The lowest BCUT2D eigenvalue weighted by Gasteiger charge is -2.26. The number of furan rings is 1. The summed E-state index contributed by atoms with van der Waals surface area (Å²) in [7, 11) is 0. The first-order valence-corrected chi connectivity index (χ1v) is 16.2. The number of fused-ring (bicyclic) bond motifs is 1. The third kappa shape index (κ3) is 10.3. The Bertz CT molecular complexity index is 1800. The zero-order valence-electron chi connectivity index (χ0n) is 27.7. The van der Waals surface area contributed by atoms with Gasteiger partial charge in [0.2, 0.25) is 29.5 Å². The van der Waals surface area contributed by atoms with Crippen molar-refractivity contribution < 1.29 is 33.5 Å². The highest BCUT2D eigenvalue weighted by atomic mass is 16.3. The summed E-state index contributed by atoms with van der Waals surface area (Å²) in [4.78, 5) is 67.8. The van der Waals surface area contributed by atoms with Gasteiger partial charge in [0.1, 0.15) is 29.6 Å². The molecule has 2 aromatic heterocycles. The fraction of sp³-hybridized carbons (Fsp3) is 0.306. The van der Waals surface area contributed by atoms with Crippen LogP contribution in [0.15, 0.2) is 89.7 Å². The average molecular weight is 686 g/mol. The fourth-order valence-electron chi connectivity index (χ4n) is 5.44. The molecule has 0 saturated heterocycles. The molecule has 0 bridgehead atoms. The second-order valence-corrected chi connectivity index (χ2v) is 12.0. The summed E-state index contributed by atoms with van der Waals surface area (Å²) in [6, 6.07) is 12.5. The Hall–Kier alpha value is -5.89. The first kappa shape index (κ1) is 36.9. The van der Waals surface area contributed by atoms with E-state index in [9.17, 15) is 29.1 Å². The van der Waals surface area contributed by atoms with Gasteiger partial charge in [-0.25, -0.2) is 0 Å². The number of H-pyrrole nitrogens is 1. The van der Waals surface area contributed by atoms with Crippen molar-refractivity contribution in [3.05, 3.63) is 102 Å². The van der Waals surface area contributed by atoms with E-state index in [4.69, 9.17) is 15.9 Å². The summed E-state index contributed by atoms with van der Waals surface area (Å²) in [5, 5.41) is 21.4. The molecule has 2 aromatic carbocycles. The van der Waals surface area contributed by atoms with E-state index in [-0.39, 0.29) is 42.3 Å². The third-order valence-electron chi connectivity index (χ3n) is 8.17. The Morgan fingerprint density at radius 2 is 1.58 bits per heavy atom. The monoisotopic (exact) mass is 685 g/mol. The summed E-state index contributed by atoms with van der Waals surface area (Å²) in [5.74, 6) is -2.64. The first-order chi connectivity index (χ1) is 23.9. The molecule has 0 aliphatic heterocycles. The van der Waals surface area contributed by atoms with E-state index >= 15 is 0 Å². The zero-order chi connectivity index (χ0) is 36.2. The Kier molecular flexibility index (Phi) is 12.9. The predicted molar refractivity (Wildman–Crippen MR) is 186 cm³/mol. The molecular formula is C36H43N7O7. The molecule has 50 heavy (non-hydrogen) atoms. The highest BCUT2D eigenvalue weighted by molar-refractivity contribution is 5.96. The molecule has 10 N–H and O–H groups in total. The number of aromatic amines is 1. The maximum Gasteiger partial charge on any atom is 0.246 e. The number of unbranched alkanes of at least 4 members (excludes halogenated alkanes) is 1. The van der Waals surface area contributed by atoms with Crippen LogP contribution in [-0.4, -0.2) is 64.3 Å². The third-order valence-corrected chi connectivity index (χ3v) is 8.17. The van der Waals surface area contributed by atoms with Crippen molar-refractivity contribution >= 4 is 40.4 Å². The van der Waals surface area contributed by atoms with E-state index in [0.717, 1.165) is 16.5 Å². The number of nitrogens with two attached hydrogens (primary N) is 2. The van der Waals surface area contributed by atoms with Gasteiger partial charge in [0.25, 0.3) is 0 Å². The lowest BCUT2D eigenvalue weighted by Crippen LogP contribution is -2.56. The number of para-hydroxylation sites is 1. The van der Waals surface area contributed by atoms with Crippen molar-refractivity contribution in [3.8, 4) is 5.75 Å². The van der Waals surface area contributed by atoms with Crippen molar-refractivity contribution in [2.45, 2.75) is 63.2 Å². The molecule has 2 heterocycles. The van der Waals surface area contributed by atoms with Gasteiger partial charge in [0.15, 0.2) is 0 Å². The van der Waals surface area contributed by atoms with Crippen LogP contribution in [-0.2, 0) is 36.8 Å². The molecule has 5 amide bonds. The highest BCUT2D eigenvalue weighted by Gasteiger charge is 2.32. The van der Waals surface area contributed by atoms with Gasteiger partial charge in [-0.2, -0.15) is 0 Å². The number of aromatic hydroxyl groups is 1. The highest BCUT2D eigenvalue weighted by Crippen LogP contribution is 2.23. The topological polar surface area (TPSA) is 235 Å². The number of amides is 5. The molecule has 14 heteroatoms. The number of hydrogen-bond acceptors (Lipinski definition) is 8. The molecular weight excluding hydrogens is 642 g/mol. The standard InChI is InChI=1S/C36H43N7O7/c1-21(33(38)46)32(31-11-7-17-50-31)43-36(49)30(19-24-20-40-28-9-4-3-8-26(24)28)42-35(48)29(10-5-6-16-39-22(2)44)41-34(47)27(37)18-23-12-14-25(45)15-13-23/h3-4,7-9,11-15,17,20,27,29-30,32,40,45H,1,5-6,10,16,18-19,37H2,2H3,(H2,38,46)(H,39,44)(H,41,47)(H,42,48)(H,43,49)/t27-,29+,30-,32+/m0/s1. The van der Waals surface area contributed by atoms with Crippen molar-refractivity contribution in [2.75, 3.05) is 6.54 Å². The Morgan fingerprint density at radius 1 is 0.880 bits per heavy atom. The van der Waals surface area contributed by atoms with Crippen LogP contribution in [0.4, 0.5) is 0 Å². The van der Waals surface area contributed by atoms with Crippen LogP contribution in [0.2, 0.25) is 0 Å². The van der Waals surface area contributed by atoms with Crippen LogP contribution < -0.4 is 32.7 Å². The largest absolute Gasteiger partial charge is 0.508 e. The van der Waals surface area contributed by atoms with Crippen LogP contribution >= 0.6 is 0 Å². The SMILES string of the molecule is C=C(C(N)=O)[C@@H](NC(=O)[C@H](Cc1c[nH]c2ccccc12)NC(=O)[C@@H](CCCCNC(C)=O)NC(=O)[C@@H](N)Cc1ccc(O)cc1)c1ccco1. The Morgan fingerprint density at radius 3 is 2.26 bits per heavy atom. The van der Waals surface area contributed by atoms with Gasteiger partial charge in [-0.1, -0.05) is 36.9 Å². The quantitative estimate of drug-likeness (QED) is 0.0566. The van der Waals surface area contributed by atoms with Gasteiger partial charge < -0.3 is 47.2 Å². The number of carbonyl (C=O) groups is 5. The van der Waals surface area contributed by atoms with E-state index in [2.05, 4.69) is 32.8 Å². The van der Waals surface area contributed by atoms with Crippen LogP contribution in [0, 0.1) is 0 Å². The minimum Gasteiger partial charge on any atom is -0.508 e. The number of carbonyl (C=O) groups excluding carboxylic acids is 5. The maximum atomic E-state index is 14.0. The molecule has 0 aliphatic rings. The van der Waals surface area contributed by atoms with Crippen LogP contribution in [0.25, 0.3) is 10.9 Å². The van der Waals surface area contributed by atoms with Crippen LogP contribution in [0.1, 0.15) is 49.1 Å². The summed E-state index contributed by atoms with van der Waals surface area (Å²) >= 11 is 0. The molecule has 0 unspecified atom stereocenters. The molecule has 14 nitrogen and oxygen atoms in total. The van der Waals surface area contributed by atoms with E-state index in [0.29, 0.717) is 24.9 Å². The normalized spacial score (nSPS) is 13.4. The molecule has 4 rings (SSSR count). The number of benzene rings is 2. The van der Waals surface area contributed by atoms with Crippen molar-refractivity contribution in [1.29, 1.82) is 0 Å². The zero-order valence-corrected chi connectivity index (χ0v) is 27.7. The number of phenols is 1. The number of hydrogen-bond donors (Lipinski definition) is 8. The maximum absolute atomic E-state index is 14.0. The van der Waals surface area contributed by atoms with Crippen molar-refractivity contribution in [3.63, 3.8) is 0 Å². The summed E-state index contributed by atoms with van der Waals surface area (Å²) in [6.45, 7) is 5.51. The molecule has 0 radical (unpaired) electrons. The smallest absolute Gasteiger partial charge is 0.246 e. The number of nitrogens with one attached hydrogen (secondary N) is 5. The van der Waals surface area contributed by atoms with Crippen molar-refractivity contribution in [2.24, 2.45) is 11.5 Å². The fourth-order valence-corrected chi connectivity index (χ4v) is 5.44. The Balaban J connectivity index is 1.57. The number of primary amides is 1. The first-order valence-electron chi connectivity index (χ1n) is 16.2. The molecule has 264 valence electrons. The van der Waals surface area contributed by atoms with E-state index in [1.165, 1.54) is 25.3 Å². The molecule has 4 aromatic rings. The van der Waals surface area contributed by atoms with E-state index < -0.39 is 47.8 Å². The molecule has 0 spiro atoms. The number of aromatic nitrogens is 1. The predicted octanol–water partition coefficient (Wildman–Crippen LogP) is 1.75. The van der Waals surface area contributed by atoms with Crippen LogP contribution in [0.5, 0.6) is 5.75 Å². The molecule has 0 aliphatic carbocycles. The average Bonchev–Trinajstić information content (AvgIpc) is 3.77. The van der Waals surface area contributed by atoms with Gasteiger partial charge in [-0.3, -0.25) is 24.0 Å². The number of rotatable bonds is 18. The van der Waals surface area contributed by atoms with E-state index in [1.54, 1.807) is 30.5 Å². The number of phenolic OH excluding ortho intramolecular Hbond substituents is 1. The van der Waals surface area contributed by atoms with Gasteiger partial charge in [0.05, 0.1) is 12.3 Å². The molecule has 0 saturated carbocycles. The second-order valence-electron chi connectivity index (χ2n) is 12.0. The van der Waals surface area contributed by atoms with E-state index in [1.807, 2.05) is 24.3 Å². The minimum atomic E-state index is -1.19. The Labute approximate surface area is 289 Å². The summed E-state index contributed by atoms with van der Waals surface area (Å²) in [5.41, 5.74) is 13.9.